The maximum Gasteiger partial charge on any atom is 0.264 e. The van der Waals surface area contributed by atoms with Crippen LogP contribution in [0.2, 0.25) is 10.0 Å². The van der Waals surface area contributed by atoms with E-state index in [4.69, 9.17) is 28.9 Å². The molecule has 0 fully saturated rings. The summed E-state index contributed by atoms with van der Waals surface area (Å²) < 4.78 is 1.52. The van der Waals surface area contributed by atoms with Gasteiger partial charge in [0.15, 0.2) is 5.78 Å². The molecule has 0 spiro atoms. The molecule has 2 aromatic heterocycles. The van der Waals surface area contributed by atoms with Gasteiger partial charge in [-0.15, -0.1) is 0 Å². The van der Waals surface area contributed by atoms with Crippen LogP contribution in [0.3, 0.4) is 0 Å². The molecule has 2 heterocycles. The van der Waals surface area contributed by atoms with Crippen LogP contribution in [0.4, 0.5) is 11.6 Å². The predicted molar refractivity (Wildman–Crippen MR) is 128 cm³/mol. The fraction of sp³-hybridized carbons (Fsp3) is 0.130. The molecule has 0 radical (unpaired) electrons. The second-order valence-corrected chi connectivity index (χ2v) is 8.03. The number of nitrogen functional groups attached to an aromatic ring is 1. The van der Waals surface area contributed by atoms with Crippen molar-refractivity contribution in [2.45, 2.75) is 19.9 Å². The van der Waals surface area contributed by atoms with E-state index in [9.17, 15) is 9.59 Å². The van der Waals surface area contributed by atoms with Gasteiger partial charge in [-0.3, -0.25) is 14.2 Å². The molecule has 0 saturated carbocycles. The van der Waals surface area contributed by atoms with Crippen molar-refractivity contribution in [3.05, 3.63) is 86.5 Å². The normalized spacial score (nSPS) is 12.0. The van der Waals surface area contributed by atoms with Crippen molar-refractivity contribution in [2.24, 2.45) is 0 Å². The maximum atomic E-state index is 13.6. The Bertz CT molecular complexity index is 1400. The minimum absolute atomic E-state index is 0.0686. The fourth-order valence-electron chi connectivity index (χ4n) is 3.73. The minimum atomic E-state index is -0.536. The van der Waals surface area contributed by atoms with Crippen molar-refractivity contribution < 1.29 is 4.79 Å². The Labute approximate surface area is 193 Å². The van der Waals surface area contributed by atoms with Crippen LogP contribution in [-0.4, -0.2) is 20.3 Å². The molecule has 162 valence electrons. The SMILES string of the molecule is CC(=O)c1c(N)ncnc1N[C@@H](C)c1c(Cl)c2cccc(Cl)c2c(=O)n1-c1ccccc1. The molecule has 3 N–H and O–H groups in total. The molecule has 32 heavy (non-hydrogen) atoms. The first kappa shape index (κ1) is 21.8. The first-order valence-corrected chi connectivity index (χ1v) is 10.5. The van der Waals surface area contributed by atoms with E-state index in [1.807, 2.05) is 25.1 Å². The molecule has 0 aliphatic rings. The average molecular weight is 468 g/mol. The number of halogens is 2. The van der Waals surface area contributed by atoms with E-state index >= 15 is 0 Å². The number of hydrogen-bond donors (Lipinski definition) is 2. The fourth-order valence-corrected chi connectivity index (χ4v) is 4.39. The van der Waals surface area contributed by atoms with Crippen LogP contribution in [0.15, 0.2) is 59.7 Å². The lowest BCUT2D eigenvalue weighted by Gasteiger charge is -2.24. The third-order valence-corrected chi connectivity index (χ3v) is 5.85. The molecule has 0 aliphatic carbocycles. The standard InChI is InChI=1S/C23H19Cl2N5O2/c1-12(29-22-17(13(2)31)21(26)27-11-28-22)20-19(25)15-9-6-10-16(24)18(15)23(32)30(20)14-7-4-3-5-8-14/h3-12H,1-2H3,(H3,26,27,28,29)/t12-/m0/s1. The first-order valence-electron chi connectivity index (χ1n) is 9.77. The van der Waals surface area contributed by atoms with E-state index in [1.54, 1.807) is 30.3 Å². The number of benzene rings is 2. The topological polar surface area (TPSA) is 103 Å². The Morgan fingerprint density at radius 3 is 2.50 bits per heavy atom. The lowest BCUT2D eigenvalue weighted by atomic mass is 10.1. The first-order chi connectivity index (χ1) is 15.3. The number of para-hydroxylation sites is 1. The zero-order valence-electron chi connectivity index (χ0n) is 17.3. The highest BCUT2D eigenvalue weighted by Crippen LogP contribution is 2.35. The number of ketones is 1. The molecule has 2 aromatic carbocycles. The van der Waals surface area contributed by atoms with Crippen LogP contribution in [0.25, 0.3) is 16.5 Å². The molecular formula is C23H19Cl2N5O2. The number of nitrogens with zero attached hydrogens (tertiary/aromatic N) is 3. The number of hydrogen-bond acceptors (Lipinski definition) is 6. The monoisotopic (exact) mass is 467 g/mol. The van der Waals surface area contributed by atoms with E-state index in [1.165, 1.54) is 17.8 Å². The molecule has 4 rings (SSSR count). The van der Waals surface area contributed by atoms with Gasteiger partial charge < -0.3 is 11.1 Å². The summed E-state index contributed by atoms with van der Waals surface area (Å²) in [4.78, 5) is 33.8. The Morgan fingerprint density at radius 1 is 1.09 bits per heavy atom. The van der Waals surface area contributed by atoms with Crippen LogP contribution >= 0.6 is 23.2 Å². The second kappa shape index (κ2) is 8.61. The van der Waals surface area contributed by atoms with Gasteiger partial charge in [0.05, 0.1) is 27.2 Å². The molecule has 1 atom stereocenters. The number of anilines is 2. The van der Waals surface area contributed by atoms with Crippen molar-refractivity contribution in [1.82, 2.24) is 14.5 Å². The van der Waals surface area contributed by atoms with Crippen molar-refractivity contribution in [3.63, 3.8) is 0 Å². The summed E-state index contributed by atoms with van der Waals surface area (Å²) in [6.07, 6.45) is 1.27. The number of rotatable bonds is 5. The number of fused-ring (bicyclic) bond motifs is 1. The maximum absolute atomic E-state index is 13.6. The summed E-state index contributed by atoms with van der Waals surface area (Å²) in [5.41, 5.74) is 6.88. The molecule has 0 amide bonds. The highest BCUT2D eigenvalue weighted by atomic mass is 35.5. The number of pyridine rings is 1. The number of nitrogens with one attached hydrogen (secondary N) is 1. The van der Waals surface area contributed by atoms with Gasteiger partial charge in [-0.1, -0.05) is 53.5 Å². The van der Waals surface area contributed by atoms with E-state index in [0.29, 0.717) is 32.2 Å². The van der Waals surface area contributed by atoms with Gasteiger partial charge in [-0.2, -0.15) is 0 Å². The van der Waals surface area contributed by atoms with Crippen molar-refractivity contribution in [1.29, 1.82) is 0 Å². The highest BCUT2D eigenvalue weighted by Gasteiger charge is 2.24. The molecule has 0 bridgehead atoms. The lowest BCUT2D eigenvalue weighted by Crippen LogP contribution is -2.27. The number of aromatic nitrogens is 3. The van der Waals surface area contributed by atoms with Crippen LogP contribution < -0.4 is 16.6 Å². The number of carbonyl (C=O) groups is 1. The third kappa shape index (κ3) is 3.70. The van der Waals surface area contributed by atoms with E-state index in [0.717, 1.165) is 0 Å². The third-order valence-electron chi connectivity index (χ3n) is 5.14. The zero-order valence-corrected chi connectivity index (χ0v) is 18.8. The highest BCUT2D eigenvalue weighted by molar-refractivity contribution is 6.40. The van der Waals surface area contributed by atoms with E-state index < -0.39 is 6.04 Å². The van der Waals surface area contributed by atoms with Gasteiger partial charge in [-0.25, -0.2) is 9.97 Å². The van der Waals surface area contributed by atoms with Gasteiger partial charge >= 0.3 is 0 Å². The molecule has 0 unspecified atom stereocenters. The van der Waals surface area contributed by atoms with E-state index in [-0.39, 0.29) is 28.5 Å². The van der Waals surface area contributed by atoms with Crippen LogP contribution in [0.1, 0.15) is 35.9 Å². The Kier molecular flexibility index (Phi) is 5.86. The summed E-state index contributed by atoms with van der Waals surface area (Å²) in [5, 5.41) is 4.71. The average Bonchev–Trinajstić information content (AvgIpc) is 2.76. The van der Waals surface area contributed by atoms with Crippen LogP contribution in [0.5, 0.6) is 0 Å². The summed E-state index contributed by atoms with van der Waals surface area (Å²) in [7, 11) is 0. The Balaban J connectivity index is 1.99. The number of carbonyl (C=O) groups excluding carboxylic acids is 1. The molecule has 0 saturated heterocycles. The van der Waals surface area contributed by atoms with Gasteiger partial charge in [-0.05, 0) is 32.0 Å². The smallest absolute Gasteiger partial charge is 0.264 e. The summed E-state index contributed by atoms with van der Waals surface area (Å²) in [6, 6.07) is 13.7. The molecule has 4 aromatic rings. The number of Topliss-reactive ketones (excluding diaryl/α,β-unsaturated/α-hetero) is 1. The van der Waals surface area contributed by atoms with Gasteiger partial charge in [0, 0.05) is 11.1 Å². The quantitative estimate of drug-likeness (QED) is 0.398. The molecule has 7 nitrogen and oxygen atoms in total. The Hall–Kier alpha value is -3.42. The van der Waals surface area contributed by atoms with Gasteiger partial charge in [0.2, 0.25) is 0 Å². The van der Waals surface area contributed by atoms with Crippen LogP contribution in [0, 0.1) is 0 Å². The minimum Gasteiger partial charge on any atom is -0.383 e. The molecule has 0 aliphatic heterocycles. The summed E-state index contributed by atoms with van der Waals surface area (Å²) in [6.45, 7) is 3.20. The molecule has 9 heteroatoms. The molecular weight excluding hydrogens is 449 g/mol. The van der Waals surface area contributed by atoms with Crippen molar-refractivity contribution in [3.8, 4) is 5.69 Å². The second-order valence-electron chi connectivity index (χ2n) is 7.24. The number of nitrogens with two attached hydrogens (primary N) is 1. The predicted octanol–water partition coefficient (Wildman–Crippen LogP) is 5.05. The lowest BCUT2D eigenvalue weighted by molar-refractivity contribution is 0.101. The summed E-state index contributed by atoms with van der Waals surface area (Å²) in [5.74, 6) is 0.0421. The Morgan fingerprint density at radius 2 is 1.81 bits per heavy atom. The van der Waals surface area contributed by atoms with Crippen molar-refractivity contribution in [2.75, 3.05) is 11.1 Å². The van der Waals surface area contributed by atoms with Gasteiger partial charge in [0.25, 0.3) is 5.56 Å². The largest absolute Gasteiger partial charge is 0.383 e. The van der Waals surface area contributed by atoms with Gasteiger partial charge in [0.1, 0.15) is 23.5 Å². The summed E-state index contributed by atoms with van der Waals surface area (Å²) >= 11 is 13.2. The zero-order chi connectivity index (χ0) is 23.0. The van der Waals surface area contributed by atoms with E-state index in [2.05, 4.69) is 15.3 Å². The van der Waals surface area contributed by atoms with Crippen molar-refractivity contribution >= 4 is 51.4 Å². The van der Waals surface area contributed by atoms with Crippen LogP contribution in [-0.2, 0) is 0 Å².